The van der Waals surface area contributed by atoms with Crippen molar-refractivity contribution in [3.8, 4) is 0 Å². The fraction of sp³-hybridized carbons (Fsp3) is 0.630. The van der Waals surface area contributed by atoms with Crippen molar-refractivity contribution in [3.05, 3.63) is 58.8 Å². The fourth-order valence-electron chi connectivity index (χ4n) is 10.7. The minimum absolute atomic E-state index is 0.00838. The molecule has 27 heteroatoms. The van der Waals surface area contributed by atoms with E-state index in [0.717, 1.165) is 68.7 Å². The standard InChI is InChI=1S/C20H23ClF2N4O.C13H15ClN4.C8H19N.C7H10F2O2.C6H8ClN2O5P/c1-13-12-26(19(28)14-6-8-20(22,23)9-7-14)10-11-27(13)18-16-5-3-2-4-15(16)17(21)24-25-18;1-9-8-15-6-7-18(9)13-11-5-3-2-4-10(11)12(14)16-17-13;1-6-9(7(2)3)8(4)5;8-7(9)3-1-5(2-4-7)6(10)11;7-15(12,8-1-3-13-5(8)10)9-2-4-14-6(9)11/h2-5,13-14H,6-12H2,1H3;2-5,9,15H,6-8H2,1H3;7-8H,6H2,1-5H3;5H,1-4H2,(H,10,11);1-4H2/p-1/t13-;9-;;;/m11.../s1. The Hall–Kier alpha value is -5.06. The molecule has 0 bridgehead atoms. The van der Waals surface area contributed by atoms with E-state index in [9.17, 15) is 46.4 Å². The van der Waals surface area contributed by atoms with Gasteiger partial charge in [-0.15, -0.1) is 20.4 Å². The Kier molecular flexibility index (Phi) is 23.3. The quantitative estimate of drug-likeness (QED) is 0.122. The minimum Gasteiger partial charge on any atom is -0.550 e. The Labute approximate surface area is 485 Å². The number of benzene rings is 2. The van der Waals surface area contributed by atoms with Gasteiger partial charge in [-0.05, 0) is 90.9 Å². The number of carboxylic acid groups (broad SMARTS) is 1. The molecule has 2 aromatic heterocycles. The first-order chi connectivity index (χ1) is 38.3. The molecule has 0 spiro atoms. The highest BCUT2D eigenvalue weighted by Gasteiger charge is 2.47. The van der Waals surface area contributed by atoms with Crippen LogP contribution >= 0.6 is 41.2 Å². The molecule has 81 heavy (non-hydrogen) atoms. The highest BCUT2D eigenvalue weighted by atomic mass is 35.7. The summed E-state index contributed by atoms with van der Waals surface area (Å²) in [6.45, 7) is 17.9. The Morgan fingerprint density at radius 1 is 0.704 bits per heavy atom. The zero-order valence-electron chi connectivity index (χ0n) is 46.8. The van der Waals surface area contributed by atoms with Crippen molar-refractivity contribution < 1.29 is 55.9 Å². The van der Waals surface area contributed by atoms with Gasteiger partial charge in [0, 0.05) is 123 Å². The van der Waals surface area contributed by atoms with E-state index < -0.39 is 42.7 Å². The van der Waals surface area contributed by atoms with Gasteiger partial charge in [0.05, 0.1) is 13.1 Å². The lowest BCUT2D eigenvalue weighted by molar-refractivity contribution is -0.313. The van der Waals surface area contributed by atoms with Crippen molar-refractivity contribution in [2.24, 2.45) is 11.8 Å². The van der Waals surface area contributed by atoms with E-state index in [2.05, 4.69) is 97.5 Å². The number of halogens is 7. The number of carboxylic acids is 1. The summed E-state index contributed by atoms with van der Waals surface area (Å²) in [6, 6.07) is 17.6. The van der Waals surface area contributed by atoms with E-state index in [1.807, 2.05) is 54.3 Å². The first-order valence-electron chi connectivity index (χ1n) is 27.5. The van der Waals surface area contributed by atoms with Crippen LogP contribution in [-0.4, -0.2) is 172 Å². The second-order valence-electron chi connectivity index (χ2n) is 21.3. The predicted molar refractivity (Wildman–Crippen MR) is 303 cm³/mol. The van der Waals surface area contributed by atoms with Gasteiger partial charge in [0.1, 0.15) is 13.2 Å². The van der Waals surface area contributed by atoms with E-state index in [-0.39, 0.29) is 95.5 Å². The van der Waals surface area contributed by atoms with Gasteiger partial charge in [0.25, 0.3) is 0 Å². The number of nitrogens with one attached hydrogen (secondary N) is 1. The maximum absolute atomic E-state index is 13.4. The summed E-state index contributed by atoms with van der Waals surface area (Å²) < 4.78 is 74.6. The lowest BCUT2D eigenvalue weighted by Crippen LogP contribution is -2.55. The van der Waals surface area contributed by atoms with Crippen LogP contribution in [0.1, 0.15) is 99.8 Å². The predicted octanol–water partition coefficient (Wildman–Crippen LogP) is 10.2. The molecule has 3 amide bonds. The normalized spacial score (nSPS) is 21.3. The Bertz CT molecular complexity index is 2790. The number of ether oxygens (including phenoxy) is 2. The third kappa shape index (κ3) is 17.0. The molecule has 448 valence electrons. The molecule has 6 aliphatic rings. The smallest absolute Gasteiger partial charge is 0.417 e. The van der Waals surface area contributed by atoms with Crippen LogP contribution in [0.5, 0.6) is 0 Å². The lowest BCUT2D eigenvalue weighted by atomic mass is 9.85. The van der Waals surface area contributed by atoms with Crippen LogP contribution in [0.3, 0.4) is 0 Å². The average Bonchev–Trinajstić information content (AvgIpc) is 4.21. The zero-order valence-corrected chi connectivity index (χ0v) is 50.0. The molecule has 2 aliphatic carbocycles. The van der Waals surface area contributed by atoms with E-state index in [4.69, 9.17) is 34.4 Å². The molecule has 4 aliphatic heterocycles. The number of cyclic esters (lactones) is 2. The summed E-state index contributed by atoms with van der Waals surface area (Å²) in [4.78, 5) is 54.1. The highest BCUT2D eigenvalue weighted by Crippen LogP contribution is 2.60. The Balaban J connectivity index is 0.000000174. The summed E-state index contributed by atoms with van der Waals surface area (Å²) in [7, 11) is 0. The molecule has 1 N–H and O–H groups in total. The van der Waals surface area contributed by atoms with E-state index in [0.29, 0.717) is 48.1 Å². The fourth-order valence-corrected chi connectivity index (χ4v) is 13.3. The van der Waals surface area contributed by atoms with Crippen molar-refractivity contribution in [1.82, 2.24) is 44.9 Å². The molecule has 2 saturated carbocycles. The Morgan fingerprint density at radius 2 is 1.14 bits per heavy atom. The molecule has 19 nitrogen and oxygen atoms in total. The summed E-state index contributed by atoms with van der Waals surface area (Å²) in [5.41, 5.74) is 0. The number of rotatable bonds is 9. The molecule has 0 unspecified atom stereocenters. The van der Waals surface area contributed by atoms with Crippen LogP contribution < -0.4 is 20.2 Å². The molecular weight excluding hydrogens is 1140 g/mol. The molecule has 10 rings (SSSR count). The molecule has 2 atom stereocenters. The van der Waals surface area contributed by atoms with Gasteiger partial charge in [-0.2, -0.15) is 0 Å². The molecular formula is C54H74Cl3F4N11O8P-. The number of aromatic nitrogens is 4. The average molecular weight is 1220 g/mol. The number of hydrogen-bond acceptors (Lipinski definition) is 16. The minimum atomic E-state index is -3.71. The summed E-state index contributed by atoms with van der Waals surface area (Å²) in [6.07, 6.45) is -1.90. The van der Waals surface area contributed by atoms with Gasteiger partial charge < -0.3 is 39.4 Å². The molecule has 4 aromatic rings. The van der Waals surface area contributed by atoms with Crippen molar-refractivity contribution in [2.45, 2.75) is 136 Å². The number of alkyl halides is 4. The van der Waals surface area contributed by atoms with E-state index in [1.54, 1.807) is 0 Å². The molecule has 6 fully saturated rings. The molecule has 2 aromatic carbocycles. The highest BCUT2D eigenvalue weighted by molar-refractivity contribution is 7.86. The van der Waals surface area contributed by atoms with Crippen LogP contribution in [-0.2, 0) is 23.6 Å². The zero-order chi connectivity index (χ0) is 59.4. The number of anilines is 2. The Morgan fingerprint density at radius 3 is 1.51 bits per heavy atom. The van der Waals surface area contributed by atoms with Gasteiger partial charge in [-0.3, -0.25) is 14.3 Å². The topological polar surface area (TPSA) is 210 Å². The molecule has 0 radical (unpaired) electrons. The van der Waals surface area contributed by atoms with E-state index in [1.165, 1.54) is 0 Å². The summed E-state index contributed by atoms with van der Waals surface area (Å²) >= 11 is 18.0. The van der Waals surface area contributed by atoms with Crippen molar-refractivity contribution >= 4 is 98.5 Å². The monoisotopic (exact) mass is 1220 g/mol. The third-order valence-electron chi connectivity index (χ3n) is 15.1. The van der Waals surface area contributed by atoms with Gasteiger partial charge in [-0.1, -0.05) is 78.7 Å². The van der Waals surface area contributed by atoms with Crippen LogP contribution in [0, 0.1) is 11.8 Å². The third-order valence-corrected chi connectivity index (χ3v) is 18.7. The van der Waals surface area contributed by atoms with Crippen LogP contribution in [0.4, 0.5) is 38.8 Å². The van der Waals surface area contributed by atoms with Gasteiger partial charge >= 0.3 is 19.0 Å². The van der Waals surface area contributed by atoms with Gasteiger partial charge in [0.15, 0.2) is 21.9 Å². The number of hydrogen-bond donors (Lipinski definition) is 1. The van der Waals surface area contributed by atoms with Crippen LogP contribution in [0.15, 0.2) is 48.5 Å². The second kappa shape index (κ2) is 29.0. The SMILES string of the molecule is CCN(C(C)C)C(C)C.C[C@@H]1CN(C(=O)C2CCC(F)(F)CC2)CCN1c1nnc(Cl)c2ccccc12.C[C@@H]1CNCCN1c1nnc(Cl)c2ccccc12.O=C([O-])C1CCC(F)(F)CC1.O=C1OCCN1P(=O)(Cl)N1CCOC1=O. The number of piperazine rings is 2. The van der Waals surface area contributed by atoms with Crippen molar-refractivity contribution in [3.63, 3.8) is 0 Å². The number of nitrogens with zero attached hydrogens (tertiary/aromatic N) is 10. The maximum Gasteiger partial charge on any atom is 0.417 e. The number of amides is 3. The first kappa shape index (κ1) is 65.1. The first-order valence-corrected chi connectivity index (χ1v) is 30.8. The van der Waals surface area contributed by atoms with Gasteiger partial charge in [0.2, 0.25) is 17.8 Å². The largest absolute Gasteiger partial charge is 0.550 e. The number of fused-ring (bicyclic) bond motifs is 2. The van der Waals surface area contributed by atoms with Crippen LogP contribution in [0.25, 0.3) is 21.5 Å². The molecule has 6 heterocycles. The molecule has 4 saturated heterocycles. The van der Waals surface area contributed by atoms with Crippen molar-refractivity contribution in [2.75, 3.05) is 81.9 Å². The second-order valence-corrected chi connectivity index (χ2v) is 25.3. The number of carbonyl (C=O) groups excluding carboxylic acids is 4. The number of carbonyl (C=O) groups is 4. The lowest BCUT2D eigenvalue weighted by Gasteiger charge is -2.42. The number of aliphatic carboxylic acids is 1. The van der Waals surface area contributed by atoms with E-state index >= 15 is 0 Å². The van der Waals surface area contributed by atoms with Gasteiger partial charge in [-0.25, -0.2) is 36.5 Å². The van der Waals surface area contributed by atoms with Crippen LogP contribution in [0.2, 0.25) is 10.3 Å². The maximum atomic E-state index is 13.4. The summed E-state index contributed by atoms with van der Waals surface area (Å²) in [5, 5.41) is 35.0. The van der Waals surface area contributed by atoms with Crippen molar-refractivity contribution in [1.29, 1.82) is 0 Å². The summed E-state index contributed by atoms with van der Waals surface area (Å²) in [5.74, 6) is -5.69.